The number of sulfone groups is 1. The van der Waals surface area contributed by atoms with E-state index in [1.807, 2.05) is 0 Å². The summed E-state index contributed by atoms with van der Waals surface area (Å²) < 4.78 is 26.9. The van der Waals surface area contributed by atoms with E-state index < -0.39 is 21.4 Å². The summed E-state index contributed by atoms with van der Waals surface area (Å²) in [5, 5.41) is 0. The normalized spacial score (nSPS) is 12.9. The van der Waals surface area contributed by atoms with Gasteiger partial charge in [0.1, 0.15) is 11.5 Å². The van der Waals surface area contributed by atoms with Crippen LogP contribution in [0.2, 0.25) is 0 Å². The van der Waals surface area contributed by atoms with E-state index in [2.05, 4.69) is 0 Å². The van der Waals surface area contributed by atoms with Crippen LogP contribution in [0, 0.1) is 0 Å². The molecule has 90 valence electrons. The SMILES string of the molecule is CN(CC(=O)OC(C)(C)C)CS(C)(=O)=O. The number of rotatable bonds is 4. The largest absolute Gasteiger partial charge is 0.459 e. The summed E-state index contributed by atoms with van der Waals surface area (Å²) >= 11 is 0. The van der Waals surface area contributed by atoms with Crippen LogP contribution in [0.25, 0.3) is 0 Å². The van der Waals surface area contributed by atoms with Crippen molar-refractivity contribution >= 4 is 15.8 Å². The Kier molecular flexibility index (Phi) is 4.73. The molecule has 0 unspecified atom stereocenters. The first-order valence-corrected chi connectivity index (χ1v) is 6.64. The van der Waals surface area contributed by atoms with Crippen molar-refractivity contribution in [2.75, 3.05) is 25.7 Å². The van der Waals surface area contributed by atoms with E-state index in [1.165, 1.54) is 4.90 Å². The zero-order valence-electron chi connectivity index (χ0n) is 9.90. The van der Waals surface area contributed by atoms with Gasteiger partial charge in [0.05, 0.1) is 6.54 Å². The lowest BCUT2D eigenvalue weighted by Gasteiger charge is -2.21. The molecule has 0 saturated carbocycles. The van der Waals surface area contributed by atoms with Gasteiger partial charge in [-0.2, -0.15) is 0 Å². The van der Waals surface area contributed by atoms with Crippen LogP contribution in [0.5, 0.6) is 0 Å². The van der Waals surface area contributed by atoms with Gasteiger partial charge in [0.25, 0.3) is 0 Å². The molecular formula is C9H19NO4S. The van der Waals surface area contributed by atoms with E-state index >= 15 is 0 Å². The van der Waals surface area contributed by atoms with Crippen LogP contribution < -0.4 is 0 Å². The van der Waals surface area contributed by atoms with Gasteiger partial charge in [-0.05, 0) is 27.8 Å². The van der Waals surface area contributed by atoms with Crippen molar-refractivity contribution in [3.05, 3.63) is 0 Å². The minimum atomic E-state index is -3.09. The zero-order chi connectivity index (χ0) is 12.3. The first-order chi connectivity index (χ1) is 6.49. The average molecular weight is 237 g/mol. The molecule has 0 spiro atoms. The van der Waals surface area contributed by atoms with Crippen LogP contribution in [0.3, 0.4) is 0 Å². The van der Waals surface area contributed by atoms with Gasteiger partial charge in [-0.1, -0.05) is 0 Å². The maximum absolute atomic E-state index is 11.3. The van der Waals surface area contributed by atoms with Gasteiger partial charge in [-0.3, -0.25) is 9.69 Å². The molecule has 0 atom stereocenters. The number of hydrogen-bond acceptors (Lipinski definition) is 5. The molecule has 0 N–H and O–H groups in total. The number of hydrogen-bond donors (Lipinski definition) is 0. The lowest BCUT2D eigenvalue weighted by molar-refractivity contribution is -0.155. The first-order valence-electron chi connectivity index (χ1n) is 4.58. The topological polar surface area (TPSA) is 63.7 Å². The van der Waals surface area contributed by atoms with Gasteiger partial charge < -0.3 is 4.74 Å². The van der Waals surface area contributed by atoms with Gasteiger partial charge >= 0.3 is 5.97 Å². The smallest absolute Gasteiger partial charge is 0.320 e. The fourth-order valence-corrected chi connectivity index (χ4v) is 1.93. The second-order valence-electron chi connectivity index (χ2n) is 4.66. The third-order valence-corrected chi connectivity index (χ3v) is 2.18. The standard InChI is InChI=1S/C9H19NO4S/c1-9(2,3)14-8(11)6-10(4)7-15(5,12)13/h6-7H2,1-5H3. The molecule has 0 fully saturated rings. The Balaban J connectivity index is 4.09. The van der Waals surface area contributed by atoms with Gasteiger partial charge in [0, 0.05) is 6.26 Å². The van der Waals surface area contributed by atoms with Crippen molar-refractivity contribution in [2.24, 2.45) is 0 Å². The first kappa shape index (κ1) is 14.4. The molecule has 0 bridgehead atoms. The molecule has 0 saturated heterocycles. The van der Waals surface area contributed by atoms with Crippen LogP contribution in [-0.2, 0) is 19.4 Å². The Morgan fingerprint density at radius 2 is 1.80 bits per heavy atom. The molecular weight excluding hydrogens is 218 g/mol. The maximum Gasteiger partial charge on any atom is 0.320 e. The summed E-state index contributed by atoms with van der Waals surface area (Å²) in [6.45, 7) is 5.27. The molecule has 0 amide bonds. The second kappa shape index (κ2) is 4.94. The fraction of sp³-hybridized carbons (Fsp3) is 0.889. The number of carbonyl (C=O) groups is 1. The van der Waals surface area contributed by atoms with Gasteiger partial charge in [0.2, 0.25) is 0 Å². The van der Waals surface area contributed by atoms with Crippen LogP contribution in [0.1, 0.15) is 20.8 Å². The van der Waals surface area contributed by atoms with E-state index in [9.17, 15) is 13.2 Å². The highest BCUT2D eigenvalue weighted by atomic mass is 32.2. The number of carbonyl (C=O) groups excluding carboxylic acids is 1. The minimum Gasteiger partial charge on any atom is -0.459 e. The van der Waals surface area contributed by atoms with Crippen LogP contribution in [-0.4, -0.2) is 50.6 Å². The Morgan fingerprint density at radius 3 is 2.13 bits per heavy atom. The maximum atomic E-state index is 11.3. The van der Waals surface area contributed by atoms with Crippen molar-refractivity contribution in [1.29, 1.82) is 0 Å². The lowest BCUT2D eigenvalue weighted by atomic mass is 10.2. The molecule has 15 heavy (non-hydrogen) atoms. The Bertz CT molecular complexity index is 315. The number of nitrogens with zero attached hydrogens (tertiary/aromatic N) is 1. The molecule has 0 aliphatic heterocycles. The van der Waals surface area contributed by atoms with Crippen molar-refractivity contribution in [1.82, 2.24) is 4.90 Å². The third-order valence-electron chi connectivity index (χ3n) is 1.27. The van der Waals surface area contributed by atoms with Gasteiger partial charge in [0.15, 0.2) is 9.84 Å². The highest BCUT2D eigenvalue weighted by molar-refractivity contribution is 7.90. The predicted molar refractivity (Wildman–Crippen MR) is 58.2 cm³/mol. The number of esters is 1. The molecule has 5 nitrogen and oxygen atoms in total. The van der Waals surface area contributed by atoms with E-state index in [0.29, 0.717) is 0 Å². The lowest BCUT2D eigenvalue weighted by Crippen LogP contribution is -2.35. The Hall–Kier alpha value is -0.620. The molecule has 0 aromatic carbocycles. The summed E-state index contributed by atoms with van der Waals surface area (Å²) in [5.41, 5.74) is -0.539. The third kappa shape index (κ3) is 9.68. The van der Waals surface area contributed by atoms with Gasteiger partial charge in [-0.25, -0.2) is 8.42 Å². The average Bonchev–Trinajstić information content (AvgIpc) is 1.73. The monoisotopic (exact) mass is 237 g/mol. The minimum absolute atomic E-state index is 0.0235. The zero-order valence-corrected chi connectivity index (χ0v) is 10.7. The summed E-state index contributed by atoms with van der Waals surface area (Å²) in [6.07, 6.45) is 1.12. The molecule has 0 heterocycles. The van der Waals surface area contributed by atoms with Crippen molar-refractivity contribution in [2.45, 2.75) is 26.4 Å². The molecule has 0 aromatic heterocycles. The molecule has 0 radical (unpaired) electrons. The number of ether oxygens (including phenoxy) is 1. The van der Waals surface area contributed by atoms with Crippen molar-refractivity contribution in [3.63, 3.8) is 0 Å². The number of likely N-dealkylation sites (N-methyl/N-ethyl adjacent to an activating group) is 1. The highest BCUT2D eigenvalue weighted by Crippen LogP contribution is 2.07. The molecule has 6 heteroatoms. The van der Waals surface area contributed by atoms with E-state index in [4.69, 9.17) is 4.74 Å². The molecule has 0 aliphatic rings. The molecule has 0 aliphatic carbocycles. The van der Waals surface area contributed by atoms with E-state index in [-0.39, 0.29) is 12.4 Å². The van der Waals surface area contributed by atoms with Gasteiger partial charge in [-0.15, -0.1) is 0 Å². The van der Waals surface area contributed by atoms with Crippen LogP contribution >= 0.6 is 0 Å². The van der Waals surface area contributed by atoms with Crippen molar-refractivity contribution in [3.8, 4) is 0 Å². The Morgan fingerprint density at radius 1 is 1.33 bits per heavy atom. The summed E-state index contributed by atoms with van der Waals surface area (Å²) in [7, 11) is -1.53. The quantitative estimate of drug-likeness (QED) is 0.656. The highest BCUT2D eigenvalue weighted by Gasteiger charge is 2.18. The van der Waals surface area contributed by atoms with E-state index in [1.54, 1.807) is 27.8 Å². The summed E-state index contributed by atoms with van der Waals surface area (Å²) in [4.78, 5) is 12.7. The van der Waals surface area contributed by atoms with Crippen LogP contribution in [0.15, 0.2) is 0 Å². The predicted octanol–water partition coefficient (Wildman–Crippen LogP) is 0.262. The fourth-order valence-electron chi connectivity index (χ4n) is 1.04. The Labute approximate surface area is 91.3 Å². The summed E-state index contributed by atoms with van der Waals surface area (Å²) in [6, 6.07) is 0. The molecule has 0 aromatic rings. The summed E-state index contributed by atoms with van der Waals surface area (Å²) in [5.74, 6) is -0.569. The second-order valence-corrected chi connectivity index (χ2v) is 6.77. The van der Waals surface area contributed by atoms with E-state index in [0.717, 1.165) is 6.26 Å². The van der Waals surface area contributed by atoms with Crippen molar-refractivity contribution < 1.29 is 17.9 Å². The van der Waals surface area contributed by atoms with Crippen LogP contribution in [0.4, 0.5) is 0 Å². The molecule has 0 rings (SSSR count).